The maximum absolute atomic E-state index is 12.6. The second-order valence-electron chi connectivity index (χ2n) is 5.13. The minimum atomic E-state index is 0.0200. The number of ether oxygens (including phenoxy) is 2. The summed E-state index contributed by atoms with van der Waals surface area (Å²) >= 11 is 0. The molecule has 108 valence electrons. The highest BCUT2D eigenvalue weighted by molar-refractivity contribution is 6.09. The van der Waals surface area contributed by atoms with Gasteiger partial charge in [-0.25, -0.2) is 0 Å². The summed E-state index contributed by atoms with van der Waals surface area (Å²) in [6.45, 7) is 3.42. The van der Waals surface area contributed by atoms with Gasteiger partial charge in [0.1, 0.15) is 11.5 Å². The second kappa shape index (κ2) is 6.00. The van der Waals surface area contributed by atoms with Gasteiger partial charge in [0.25, 0.3) is 0 Å². The predicted octanol–water partition coefficient (Wildman–Crippen LogP) is 3.64. The lowest BCUT2D eigenvalue weighted by atomic mass is 10.0. The molecule has 0 atom stereocenters. The zero-order valence-electron chi connectivity index (χ0n) is 12.1. The quantitative estimate of drug-likeness (QED) is 0.785. The molecule has 0 spiro atoms. The number of carbonyl (C=O) groups is 1. The number of carbonyl (C=O) groups excluding carboxylic acids is 1. The Morgan fingerprint density at radius 3 is 2.90 bits per heavy atom. The smallest absolute Gasteiger partial charge is 0.193 e. The third-order valence-electron chi connectivity index (χ3n) is 3.52. The fourth-order valence-corrected chi connectivity index (χ4v) is 2.44. The molecule has 3 nitrogen and oxygen atoms in total. The van der Waals surface area contributed by atoms with Crippen LogP contribution in [0.1, 0.15) is 34.8 Å². The van der Waals surface area contributed by atoms with Gasteiger partial charge >= 0.3 is 0 Å². The monoisotopic (exact) mass is 282 g/mol. The van der Waals surface area contributed by atoms with Crippen LogP contribution in [0.25, 0.3) is 0 Å². The van der Waals surface area contributed by atoms with Gasteiger partial charge in [-0.05, 0) is 42.3 Å². The predicted molar refractivity (Wildman–Crippen MR) is 81.3 cm³/mol. The Morgan fingerprint density at radius 2 is 2.05 bits per heavy atom. The van der Waals surface area contributed by atoms with Crippen molar-refractivity contribution in [1.29, 1.82) is 0 Å². The van der Waals surface area contributed by atoms with Crippen molar-refractivity contribution in [3.63, 3.8) is 0 Å². The zero-order chi connectivity index (χ0) is 14.7. The number of hydrogen-bond donors (Lipinski definition) is 0. The number of ketones is 1. The van der Waals surface area contributed by atoms with Crippen LogP contribution >= 0.6 is 0 Å². The van der Waals surface area contributed by atoms with E-state index >= 15 is 0 Å². The van der Waals surface area contributed by atoms with Gasteiger partial charge in [-0.15, -0.1) is 0 Å². The van der Waals surface area contributed by atoms with Crippen LogP contribution in [-0.4, -0.2) is 19.0 Å². The van der Waals surface area contributed by atoms with Crippen LogP contribution in [0, 0.1) is 0 Å². The molecule has 3 rings (SSSR count). The van der Waals surface area contributed by atoms with Crippen molar-refractivity contribution >= 4 is 5.78 Å². The summed E-state index contributed by atoms with van der Waals surface area (Å²) in [6, 6.07) is 13.0. The molecule has 0 amide bonds. The highest BCUT2D eigenvalue weighted by Gasteiger charge is 2.16. The third-order valence-corrected chi connectivity index (χ3v) is 3.52. The molecule has 0 N–H and O–H groups in total. The molecule has 0 fully saturated rings. The molecular weight excluding hydrogens is 264 g/mol. The van der Waals surface area contributed by atoms with E-state index in [-0.39, 0.29) is 5.78 Å². The second-order valence-corrected chi connectivity index (χ2v) is 5.13. The Morgan fingerprint density at radius 1 is 1.19 bits per heavy atom. The first-order valence-electron chi connectivity index (χ1n) is 7.31. The van der Waals surface area contributed by atoms with E-state index in [4.69, 9.17) is 9.47 Å². The van der Waals surface area contributed by atoms with Crippen LogP contribution in [0.3, 0.4) is 0 Å². The fraction of sp³-hybridized carbons (Fsp3) is 0.278. The van der Waals surface area contributed by atoms with Gasteiger partial charge in [-0.1, -0.05) is 19.1 Å². The molecule has 0 saturated carbocycles. The van der Waals surface area contributed by atoms with Gasteiger partial charge in [-0.2, -0.15) is 0 Å². The van der Waals surface area contributed by atoms with E-state index in [0.29, 0.717) is 24.3 Å². The minimum absolute atomic E-state index is 0.0200. The van der Waals surface area contributed by atoms with Gasteiger partial charge < -0.3 is 9.47 Å². The summed E-state index contributed by atoms with van der Waals surface area (Å²) in [7, 11) is 0. The minimum Gasteiger partial charge on any atom is -0.494 e. The van der Waals surface area contributed by atoms with Gasteiger partial charge in [0, 0.05) is 17.5 Å². The van der Waals surface area contributed by atoms with Gasteiger partial charge in [0.05, 0.1) is 13.2 Å². The molecule has 1 heterocycles. The van der Waals surface area contributed by atoms with Crippen molar-refractivity contribution in [2.45, 2.75) is 19.8 Å². The van der Waals surface area contributed by atoms with Gasteiger partial charge in [-0.3, -0.25) is 4.79 Å². The molecule has 1 aliphatic heterocycles. The average molecular weight is 282 g/mol. The first-order valence-corrected chi connectivity index (χ1v) is 7.31. The van der Waals surface area contributed by atoms with Crippen LogP contribution in [0.5, 0.6) is 11.5 Å². The normalized spacial score (nSPS) is 12.6. The van der Waals surface area contributed by atoms with Crippen molar-refractivity contribution in [3.05, 3.63) is 59.2 Å². The highest BCUT2D eigenvalue weighted by Crippen LogP contribution is 2.27. The molecule has 3 heteroatoms. The van der Waals surface area contributed by atoms with E-state index in [9.17, 15) is 4.79 Å². The van der Waals surface area contributed by atoms with E-state index in [2.05, 4.69) is 6.92 Å². The van der Waals surface area contributed by atoms with E-state index < -0.39 is 0 Å². The van der Waals surface area contributed by atoms with Crippen molar-refractivity contribution in [1.82, 2.24) is 0 Å². The molecule has 0 bridgehead atoms. The van der Waals surface area contributed by atoms with Crippen molar-refractivity contribution in [2.24, 2.45) is 0 Å². The van der Waals surface area contributed by atoms with Crippen LogP contribution < -0.4 is 9.47 Å². The van der Waals surface area contributed by atoms with Crippen molar-refractivity contribution < 1.29 is 14.3 Å². The standard InChI is InChI=1S/C18H18O3/c1-2-9-20-16-5-3-4-14(12-16)18(19)15-6-7-17-13(11-15)8-10-21-17/h3-7,11-12H,2,8-10H2,1H3. The van der Waals surface area contributed by atoms with Crippen LogP contribution in [0.4, 0.5) is 0 Å². The fourth-order valence-electron chi connectivity index (χ4n) is 2.44. The summed E-state index contributed by atoms with van der Waals surface area (Å²) in [5, 5.41) is 0. The zero-order valence-corrected chi connectivity index (χ0v) is 12.1. The lowest BCUT2D eigenvalue weighted by Gasteiger charge is -2.07. The largest absolute Gasteiger partial charge is 0.494 e. The molecule has 2 aromatic carbocycles. The number of fused-ring (bicyclic) bond motifs is 1. The molecule has 0 saturated heterocycles. The number of benzene rings is 2. The Kier molecular flexibility index (Phi) is 3.91. The summed E-state index contributed by atoms with van der Waals surface area (Å²) in [5.41, 5.74) is 2.47. The molecule has 0 aromatic heterocycles. The summed E-state index contributed by atoms with van der Waals surface area (Å²) < 4.78 is 11.1. The molecular formula is C18H18O3. The SMILES string of the molecule is CCCOc1cccc(C(=O)c2ccc3c(c2)CCO3)c1. The molecule has 1 aliphatic rings. The Bertz CT molecular complexity index is 661. The number of rotatable bonds is 5. The molecule has 0 aliphatic carbocycles. The first-order chi connectivity index (χ1) is 10.3. The maximum atomic E-state index is 12.6. The topological polar surface area (TPSA) is 35.5 Å². The lowest BCUT2D eigenvalue weighted by molar-refractivity contribution is 0.103. The maximum Gasteiger partial charge on any atom is 0.193 e. The highest BCUT2D eigenvalue weighted by atomic mass is 16.5. The summed E-state index contributed by atoms with van der Waals surface area (Å²) in [5.74, 6) is 1.66. The lowest BCUT2D eigenvalue weighted by Crippen LogP contribution is -2.03. The van der Waals surface area contributed by atoms with Crippen molar-refractivity contribution in [2.75, 3.05) is 13.2 Å². The van der Waals surface area contributed by atoms with Crippen LogP contribution in [0.2, 0.25) is 0 Å². The Balaban J connectivity index is 1.84. The van der Waals surface area contributed by atoms with Crippen LogP contribution in [0.15, 0.2) is 42.5 Å². The third kappa shape index (κ3) is 2.92. The molecule has 21 heavy (non-hydrogen) atoms. The van der Waals surface area contributed by atoms with E-state index in [1.54, 1.807) is 0 Å². The van der Waals surface area contributed by atoms with Crippen molar-refractivity contribution in [3.8, 4) is 11.5 Å². The Hall–Kier alpha value is -2.29. The van der Waals surface area contributed by atoms with Crippen LogP contribution in [-0.2, 0) is 6.42 Å². The molecule has 0 unspecified atom stereocenters. The van der Waals surface area contributed by atoms with E-state index in [0.717, 1.165) is 29.9 Å². The molecule has 2 aromatic rings. The summed E-state index contributed by atoms with van der Waals surface area (Å²) in [4.78, 5) is 12.6. The first kappa shape index (κ1) is 13.7. The molecule has 0 radical (unpaired) electrons. The summed E-state index contributed by atoms with van der Waals surface area (Å²) in [6.07, 6.45) is 1.82. The Labute approximate surface area is 124 Å². The van der Waals surface area contributed by atoms with E-state index in [1.165, 1.54) is 0 Å². The average Bonchev–Trinajstić information content (AvgIpc) is 3.00. The van der Waals surface area contributed by atoms with Gasteiger partial charge in [0.15, 0.2) is 5.78 Å². The van der Waals surface area contributed by atoms with E-state index in [1.807, 2.05) is 42.5 Å². The number of hydrogen-bond acceptors (Lipinski definition) is 3. The van der Waals surface area contributed by atoms with Gasteiger partial charge in [0.2, 0.25) is 0 Å².